The number of benzene rings is 4. The highest BCUT2D eigenvalue weighted by molar-refractivity contribution is 5.94. The number of halogens is 1. The molecule has 4 rings (SSSR count). The zero-order chi connectivity index (χ0) is 32.7. The predicted molar refractivity (Wildman–Crippen MR) is 175 cm³/mol. The van der Waals surface area contributed by atoms with Gasteiger partial charge in [0.15, 0.2) is 0 Å². The molecule has 2 atom stereocenters. The fraction of sp³-hybridized carbons (Fsp3) is 0.297. The maximum absolute atomic E-state index is 13.7. The van der Waals surface area contributed by atoms with Crippen molar-refractivity contribution in [3.05, 3.63) is 120 Å². The summed E-state index contributed by atoms with van der Waals surface area (Å²) >= 11 is 0. The molecule has 3 amide bonds. The van der Waals surface area contributed by atoms with Gasteiger partial charge in [-0.3, -0.25) is 19.2 Å². The van der Waals surface area contributed by atoms with Crippen LogP contribution in [0, 0.1) is 5.82 Å². The molecule has 0 saturated carbocycles. The summed E-state index contributed by atoms with van der Waals surface area (Å²) in [6.45, 7) is 2.37. The molecule has 0 fully saturated rings. The summed E-state index contributed by atoms with van der Waals surface area (Å²) in [6.07, 6.45) is 1.71. The molecule has 0 aromatic heterocycles. The van der Waals surface area contributed by atoms with Gasteiger partial charge in [-0.1, -0.05) is 98.3 Å². The fourth-order valence-corrected chi connectivity index (χ4v) is 5.02. The second-order valence-electron chi connectivity index (χ2n) is 11.1. The number of hydrogen-bond acceptors (Lipinski definition) is 5. The van der Waals surface area contributed by atoms with Gasteiger partial charge in [-0.2, -0.15) is 0 Å². The average Bonchev–Trinajstić information content (AvgIpc) is 3.07. The maximum atomic E-state index is 13.7. The lowest BCUT2D eigenvalue weighted by Gasteiger charge is -2.23. The monoisotopic (exact) mass is 625 g/mol. The molecule has 4 aromatic rings. The van der Waals surface area contributed by atoms with Crippen LogP contribution in [-0.2, 0) is 43.3 Å². The van der Waals surface area contributed by atoms with Crippen molar-refractivity contribution in [3.63, 3.8) is 0 Å². The molecule has 0 aliphatic heterocycles. The largest absolute Gasteiger partial charge is 0.466 e. The molecule has 4 aromatic carbocycles. The molecule has 0 aliphatic rings. The first kappa shape index (κ1) is 33.8. The van der Waals surface area contributed by atoms with E-state index in [0.717, 1.165) is 28.3 Å². The summed E-state index contributed by atoms with van der Waals surface area (Å²) in [5.74, 6) is -2.64. The number of amides is 3. The summed E-state index contributed by atoms with van der Waals surface area (Å²) in [7, 11) is 0. The molecule has 46 heavy (non-hydrogen) atoms. The lowest BCUT2D eigenvalue weighted by molar-refractivity contribution is -0.146. The minimum Gasteiger partial charge on any atom is -0.466 e. The van der Waals surface area contributed by atoms with Crippen molar-refractivity contribution in [2.75, 3.05) is 6.61 Å². The summed E-state index contributed by atoms with van der Waals surface area (Å²) < 4.78 is 18.9. The molecule has 3 N–H and O–H groups in total. The van der Waals surface area contributed by atoms with E-state index < -0.39 is 48.0 Å². The summed E-state index contributed by atoms with van der Waals surface area (Å²) in [5, 5.41) is 10.3. The minimum atomic E-state index is -1.26. The Morgan fingerprint density at radius 2 is 1.48 bits per heavy atom. The van der Waals surface area contributed by atoms with Gasteiger partial charge in [-0.15, -0.1) is 0 Å². The Kier molecular flexibility index (Phi) is 12.8. The van der Waals surface area contributed by atoms with Crippen LogP contribution in [0.4, 0.5) is 4.39 Å². The van der Waals surface area contributed by atoms with Gasteiger partial charge in [0.1, 0.15) is 17.9 Å². The Bertz CT molecular complexity index is 1610. The molecule has 0 aliphatic carbocycles. The Hall–Kier alpha value is -5.05. The summed E-state index contributed by atoms with van der Waals surface area (Å²) in [4.78, 5) is 52.8. The molecule has 9 heteroatoms. The second-order valence-corrected chi connectivity index (χ2v) is 11.1. The van der Waals surface area contributed by atoms with Gasteiger partial charge in [0.05, 0.1) is 13.0 Å². The molecular weight excluding hydrogens is 585 g/mol. The highest BCUT2D eigenvalue weighted by Gasteiger charge is 2.29. The van der Waals surface area contributed by atoms with Crippen molar-refractivity contribution in [2.45, 2.75) is 64.1 Å². The van der Waals surface area contributed by atoms with Crippen LogP contribution in [0.2, 0.25) is 0 Å². The Morgan fingerprint density at radius 1 is 0.761 bits per heavy atom. The van der Waals surface area contributed by atoms with Crippen LogP contribution in [0.25, 0.3) is 10.8 Å². The standard InChI is InChI=1S/C37H40FN3O5/c1-2-3-22-46-35(43)24-33(40-34(42)21-18-26-10-5-4-6-11-26)37(45)41-32(23-27-16-19-30(38)20-17-27)36(44)39-25-29-14-9-13-28-12-7-8-15-31(28)29/h4-17,19-20,32-33H,2-3,18,21-25H2,1H3,(H,39,44)(H,40,42)(H,41,45)/t32-,33-/m0/s1. The number of nitrogens with one attached hydrogen (secondary N) is 3. The van der Waals surface area contributed by atoms with Crippen LogP contribution in [0.3, 0.4) is 0 Å². The number of carbonyl (C=O) groups excluding carboxylic acids is 4. The van der Waals surface area contributed by atoms with Gasteiger partial charge in [-0.25, -0.2) is 4.39 Å². The summed E-state index contributed by atoms with van der Waals surface area (Å²) in [6, 6.07) is 26.4. The lowest BCUT2D eigenvalue weighted by Crippen LogP contribution is -2.55. The van der Waals surface area contributed by atoms with E-state index in [2.05, 4.69) is 16.0 Å². The number of esters is 1. The van der Waals surface area contributed by atoms with E-state index in [-0.39, 0.29) is 26.0 Å². The van der Waals surface area contributed by atoms with Crippen molar-refractivity contribution in [1.82, 2.24) is 16.0 Å². The molecule has 240 valence electrons. The first-order valence-electron chi connectivity index (χ1n) is 15.6. The highest BCUT2D eigenvalue weighted by atomic mass is 19.1. The fourth-order valence-electron chi connectivity index (χ4n) is 5.02. The maximum Gasteiger partial charge on any atom is 0.308 e. The van der Waals surface area contributed by atoms with Crippen molar-refractivity contribution < 1.29 is 28.3 Å². The van der Waals surface area contributed by atoms with Crippen LogP contribution < -0.4 is 16.0 Å². The Labute approximate surface area is 268 Å². The molecule has 0 saturated heterocycles. The third-order valence-corrected chi connectivity index (χ3v) is 7.59. The highest BCUT2D eigenvalue weighted by Crippen LogP contribution is 2.18. The SMILES string of the molecule is CCCCOC(=O)C[C@H](NC(=O)CCc1ccccc1)C(=O)N[C@@H](Cc1ccc(F)cc1)C(=O)NCc1cccc2ccccc12. The number of aryl methyl sites for hydroxylation is 1. The molecule has 8 nitrogen and oxygen atoms in total. The van der Waals surface area contributed by atoms with E-state index in [9.17, 15) is 23.6 Å². The van der Waals surface area contributed by atoms with Gasteiger partial charge in [0, 0.05) is 19.4 Å². The number of hydrogen-bond donors (Lipinski definition) is 3. The molecule has 0 radical (unpaired) electrons. The molecule has 0 unspecified atom stereocenters. The Morgan fingerprint density at radius 3 is 2.24 bits per heavy atom. The van der Waals surface area contributed by atoms with Gasteiger partial charge < -0.3 is 20.7 Å². The molecule has 0 spiro atoms. The summed E-state index contributed by atoms with van der Waals surface area (Å²) in [5.41, 5.74) is 2.48. The molecule has 0 heterocycles. The Balaban J connectivity index is 1.49. The zero-order valence-electron chi connectivity index (χ0n) is 26.0. The number of fused-ring (bicyclic) bond motifs is 1. The van der Waals surface area contributed by atoms with Gasteiger partial charge >= 0.3 is 5.97 Å². The van der Waals surface area contributed by atoms with Crippen LogP contribution >= 0.6 is 0 Å². The van der Waals surface area contributed by atoms with Crippen molar-refractivity contribution >= 4 is 34.5 Å². The normalized spacial score (nSPS) is 12.1. The van der Waals surface area contributed by atoms with E-state index in [1.807, 2.05) is 79.7 Å². The first-order valence-corrected chi connectivity index (χ1v) is 15.6. The molecule has 0 bridgehead atoms. The first-order chi connectivity index (χ1) is 22.3. The number of unbranched alkanes of at least 4 members (excludes halogenated alkanes) is 1. The smallest absolute Gasteiger partial charge is 0.308 e. The van der Waals surface area contributed by atoms with E-state index >= 15 is 0 Å². The van der Waals surface area contributed by atoms with E-state index in [1.54, 1.807) is 12.1 Å². The quantitative estimate of drug-likeness (QED) is 0.117. The number of carbonyl (C=O) groups is 4. The van der Waals surface area contributed by atoms with Crippen LogP contribution in [0.15, 0.2) is 97.1 Å². The van der Waals surface area contributed by atoms with Crippen molar-refractivity contribution in [2.24, 2.45) is 0 Å². The lowest BCUT2D eigenvalue weighted by atomic mass is 10.0. The van der Waals surface area contributed by atoms with E-state index in [1.165, 1.54) is 12.1 Å². The van der Waals surface area contributed by atoms with Crippen molar-refractivity contribution in [3.8, 4) is 0 Å². The predicted octanol–water partition coefficient (Wildman–Crippen LogP) is 5.17. The van der Waals surface area contributed by atoms with Gasteiger partial charge in [0.2, 0.25) is 17.7 Å². The van der Waals surface area contributed by atoms with Gasteiger partial charge in [0.25, 0.3) is 0 Å². The van der Waals surface area contributed by atoms with E-state index in [4.69, 9.17) is 4.74 Å². The topological polar surface area (TPSA) is 114 Å². The number of ether oxygens (including phenoxy) is 1. The third-order valence-electron chi connectivity index (χ3n) is 7.59. The molecular formula is C37H40FN3O5. The zero-order valence-corrected chi connectivity index (χ0v) is 26.0. The van der Waals surface area contributed by atoms with Crippen LogP contribution in [-0.4, -0.2) is 42.4 Å². The third kappa shape index (κ3) is 10.5. The van der Waals surface area contributed by atoms with Crippen LogP contribution in [0.1, 0.15) is 49.3 Å². The second kappa shape index (κ2) is 17.4. The van der Waals surface area contributed by atoms with E-state index in [0.29, 0.717) is 18.4 Å². The average molecular weight is 626 g/mol. The van der Waals surface area contributed by atoms with Gasteiger partial charge in [-0.05, 0) is 52.4 Å². The van der Waals surface area contributed by atoms with Crippen molar-refractivity contribution in [1.29, 1.82) is 0 Å². The van der Waals surface area contributed by atoms with Crippen LogP contribution in [0.5, 0.6) is 0 Å². The minimum absolute atomic E-state index is 0.0585. The number of rotatable bonds is 16.